The molecule has 0 aliphatic heterocycles. The number of nitrogen functional groups attached to an aromatic ring is 1. The van der Waals surface area contributed by atoms with Gasteiger partial charge in [-0.2, -0.15) is 0 Å². The number of amides is 3. The summed E-state index contributed by atoms with van der Waals surface area (Å²) in [5, 5.41) is 12.5. The number of rotatable bonds is 13. The smallest absolute Gasteiger partial charge is 0.242 e. The highest BCUT2D eigenvalue weighted by Gasteiger charge is 2.26. The van der Waals surface area contributed by atoms with Gasteiger partial charge in [0.2, 0.25) is 27.7 Å². The molecule has 0 aliphatic rings. The summed E-state index contributed by atoms with van der Waals surface area (Å²) in [6, 6.07) is 4.49. The maximum Gasteiger partial charge on any atom is 0.242 e. The van der Waals surface area contributed by atoms with Gasteiger partial charge in [-0.05, 0) is 25.3 Å². The van der Waals surface area contributed by atoms with Crippen LogP contribution in [0.25, 0.3) is 0 Å². The lowest BCUT2D eigenvalue weighted by molar-refractivity contribution is -0.130. The van der Waals surface area contributed by atoms with Crippen LogP contribution in [-0.4, -0.2) is 49.8 Å². The molecule has 11 nitrogen and oxygen atoms in total. The predicted molar refractivity (Wildman–Crippen MR) is 116 cm³/mol. The van der Waals surface area contributed by atoms with Crippen LogP contribution in [0.5, 0.6) is 0 Å². The van der Waals surface area contributed by atoms with E-state index in [2.05, 4.69) is 15.4 Å². The molecular formula is C19H30N6O5S. The minimum atomic E-state index is -3.62. The maximum atomic E-state index is 12.6. The molecule has 1 aromatic rings. The number of sulfonamides is 1. The van der Waals surface area contributed by atoms with Crippen LogP contribution in [0.4, 0.5) is 0 Å². The van der Waals surface area contributed by atoms with E-state index in [0.29, 0.717) is 12.0 Å². The Morgan fingerprint density at radius 3 is 2.23 bits per heavy atom. The lowest BCUT2D eigenvalue weighted by Gasteiger charge is -2.21. The summed E-state index contributed by atoms with van der Waals surface area (Å²) in [5.74, 6) is -2.08. The third-order valence-electron chi connectivity index (χ3n) is 4.27. The fourth-order valence-electron chi connectivity index (χ4n) is 2.62. The van der Waals surface area contributed by atoms with Crippen LogP contribution in [0.2, 0.25) is 0 Å². The van der Waals surface area contributed by atoms with Gasteiger partial charge in [-0.15, -0.1) is 0 Å². The summed E-state index contributed by atoms with van der Waals surface area (Å²) in [7, 11) is -3.62. The van der Waals surface area contributed by atoms with Crippen molar-refractivity contribution in [2.75, 3.05) is 5.75 Å². The molecule has 0 bridgehead atoms. The number of carbonyl (C=O) groups excluding carboxylic acids is 3. The Balaban J connectivity index is 2.77. The summed E-state index contributed by atoms with van der Waals surface area (Å²) in [6.45, 7) is 3.20. The average Bonchev–Trinajstić information content (AvgIpc) is 2.68. The topological polar surface area (TPSA) is 197 Å². The predicted octanol–water partition coefficient (Wildman–Crippen LogP) is -0.945. The van der Waals surface area contributed by atoms with Crippen molar-refractivity contribution in [2.24, 2.45) is 11.5 Å². The third-order valence-corrected chi connectivity index (χ3v) is 5.92. The monoisotopic (exact) mass is 454 g/mol. The van der Waals surface area contributed by atoms with E-state index in [1.54, 1.807) is 31.2 Å². The number of benzene rings is 1. The highest BCUT2D eigenvalue weighted by atomic mass is 32.2. The Bertz CT molecular complexity index is 901. The van der Waals surface area contributed by atoms with Gasteiger partial charge in [-0.3, -0.25) is 19.8 Å². The molecule has 31 heavy (non-hydrogen) atoms. The first kappa shape index (κ1) is 26.0. The molecule has 12 heteroatoms. The number of amidine groups is 1. The van der Waals surface area contributed by atoms with Crippen LogP contribution in [-0.2, 0) is 31.0 Å². The lowest BCUT2D eigenvalue weighted by atomic mass is 10.1. The van der Waals surface area contributed by atoms with Gasteiger partial charge in [-0.1, -0.05) is 31.2 Å². The summed E-state index contributed by atoms with van der Waals surface area (Å²) < 4.78 is 26.0. The van der Waals surface area contributed by atoms with Crippen molar-refractivity contribution in [1.82, 2.24) is 15.4 Å². The van der Waals surface area contributed by atoms with E-state index in [1.807, 2.05) is 0 Å². The van der Waals surface area contributed by atoms with Crippen molar-refractivity contribution in [3.05, 3.63) is 35.4 Å². The summed E-state index contributed by atoms with van der Waals surface area (Å²) >= 11 is 0. The zero-order valence-electron chi connectivity index (χ0n) is 17.6. The van der Waals surface area contributed by atoms with E-state index in [-0.39, 0.29) is 31.0 Å². The van der Waals surface area contributed by atoms with Crippen molar-refractivity contribution >= 4 is 33.6 Å². The lowest BCUT2D eigenvalue weighted by Crippen LogP contribution is -2.53. The molecule has 0 saturated carbocycles. The standard InChI is InChI=1S/C19H30N6O5S/c1-3-10-31(29,30)25-12(2)18(27)24-15(8-9-16(20)26)19(28)23-11-13-4-6-14(7-5-13)17(21)22/h4-7,12,15,25H,3,8-11H2,1-2H3,(H2,20,26)(H3,21,22)(H,23,28)(H,24,27)/t12-,15+/m1/s1. The minimum Gasteiger partial charge on any atom is -0.384 e. The number of primary amides is 1. The number of carbonyl (C=O) groups is 3. The number of nitrogens with two attached hydrogens (primary N) is 2. The zero-order chi connectivity index (χ0) is 23.6. The Kier molecular flexibility index (Phi) is 10.1. The van der Waals surface area contributed by atoms with Gasteiger partial charge in [0.1, 0.15) is 11.9 Å². The second-order valence-electron chi connectivity index (χ2n) is 7.05. The Morgan fingerprint density at radius 2 is 1.71 bits per heavy atom. The highest BCUT2D eigenvalue weighted by molar-refractivity contribution is 7.89. The molecule has 8 N–H and O–H groups in total. The summed E-state index contributed by atoms with van der Waals surface area (Å²) in [5.41, 5.74) is 11.8. The van der Waals surface area contributed by atoms with E-state index in [0.717, 1.165) is 5.56 Å². The van der Waals surface area contributed by atoms with Crippen LogP contribution in [0, 0.1) is 5.41 Å². The molecule has 0 aliphatic carbocycles. The van der Waals surface area contributed by atoms with Crippen LogP contribution in [0.1, 0.15) is 44.2 Å². The van der Waals surface area contributed by atoms with Gasteiger partial charge >= 0.3 is 0 Å². The molecule has 0 aromatic heterocycles. The first-order valence-electron chi connectivity index (χ1n) is 9.75. The van der Waals surface area contributed by atoms with Gasteiger partial charge in [-0.25, -0.2) is 13.1 Å². The molecular weight excluding hydrogens is 424 g/mol. The average molecular weight is 455 g/mol. The van der Waals surface area contributed by atoms with Crippen molar-refractivity contribution < 1.29 is 22.8 Å². The number of hydrogen-bond donors (Lipinski definition) is 6. The third kappa shape index (κ3) is 9.57. The zero-order valence-corrected chi connectivity index (χ0v) is 18.4. The Morgan fingerprint density at radius 1 is 1.10 bits per heavy atom. The fraction of sp³-hybridized carbons (Fsp3) is 0.474. The molecule has 2 atom stereocenters. The van der Waals surface area contributed by atoms with Gasteiger partial charge in [0.05, 0.1) is 11.8 Å². The second-order valence-corrected chi connectivity index (χ2v) is 8.93. The van der Waals surface area contributed by atoms with Crippen molar-refractivity contribution in [3.8, 4) is 0 Å². The highest BCUT2D eigenvalue weighted by Crippen LogP contribution is 2.05. The van der Waals surface area contributed by atoms with Crippen LogP contribution in [0.3, 0.4) is 0 Å². The van der Waals surface area contributed by atoms with Crippen LogP contribution in [0.15, 0.2) is 24.3 Å². The Hall–Kier alpha value is -2.99. The second kappa shape index (κ2) is 12.0. The minimum absolute atomic E-state index is 0.0371. The molecule has 3 amide bonds. The quantitative estimate of drug-likeness (QED) is 0.164. The first-order chi connectivity index (χ1) is 14.4. The van der Waals surface area contributed by atoms with Gasteiger partial charge in [0.15, 0.2) is 0 Å². The van der Waals surface area contributed by atoms with E-state index >= 15 is 0 Å². The van der Waals surface area contributed by atoms with Gasteiger partial charge < -0.3 is 22.1 Å². The largest absolute Gasteiger partial charge is 0.384 e. The van der Waals surface area contributed by atoms with Crippen molar-refractivity contribution in [1.29, 1.82) is 5.41 Å². The molecule has 0 fully saturated rings. The number of hydrogen-bond acceptors (Lipinski definition) is 6. The fourth-order valence-corrected chi connectivity index (χ4v) is 3.92. The van der Waals surface area contributed by atoms with E-state index in [4.69, 9.17) is 16.9 Å². The molecule has 1 aromatic carbocycles. The van der Waals surface area contributed by atoms with Crippen molar-refractivity contribution in [2.45, 2.75) is 51.7 Å². The van der Waals surface area contributed by atoms with E-state index in [1.165, 1.54) is 6.92 Å². The van der Waals surface area contributed by atoms with Crippen LogP contribution >= 0.6 is 0 Å². The summed E-state index contributed by atoms with van der Waals surface area (Å²) in [6.07, 6.45) is 0.215. The SMILES string of the molecule is CCCS(=O)(=O)N[C@H](C)C(=O)N[C@@H](CCC(N)=O)C(=O)NCc1ccc(C(=N)N)cc1. The number of nitrogens with one attached hydrogen (secondary N) is 4. The van der Waals surface area contributed by atoms with Crippen LogP contribution < -0.4 is 26.8 Å². The van der Waals surface area contributed by atoms with E-state index < -0.39 is 39.8 Å². The van der Waals surface area contributed by atoms with Gasteiger partial charge in [0.25, 0.3) is 0 Å². The van der Waals surface area contributed by atoms with E-state index in [9.17, 15) is 22.8 Å². The molecule has 0 radical (unpaired) electrons. The maximum absolute atomic E-state index is 12.6. The van der Waals surface area contributed by atoms with Crippen molar-refractivity contribution in [3.63, 3.8) is 0 Å². The molecule has 0 unspecified atom stereocenters. The first-order valence-corrected chi connectivity index (χ1v) is 11.4. The van der Waals surface area contributed by atoms with Gasteiger partial charge in [0, 0.05) is 18.5 Å². The summed E-state index contributed by atoms with van der Waals surface area (Å²) in [4.78, 5) is 36.1. The Labute approximate surface area is 181 Å². The molecule has 1 rings (SSSR count). The molecule has 0 heterocycles. The normalized spacial score (nSPS) is 13.1. The molecule has 0 saturated heterocycles. The molecule has 0 spiro atoms. The molecule has 172 valence electrons.